The topological polar surface area (TPSA) is 82.6 Å². The van der Waals surface area contributed by atoms with Crippen molar-refractivity contribution in [3.05, 3.63) is 60.7 Å². The summed E-state index contributed by atoms with van der Waals surface area (Å²) in [5.41, 5.74) is 3.04. The van der Waals surface area contributed by atoms with Gasteiger partial charge in [0.05, 0.1) is 18.0 Å². The van der Waals surface area contributed by atoms with Gasteiger partial charge in [-0.25, -0.2) is 4.79 Å². The Bertz CT molecular complexity index is 1030. The van der Waals surface area contributed by atoms with Gasteiger partial charge in [-0.2, -0.15) is 0 Å². The van der Waals surface area contributed by atoms with Gasteiger partial charge < -0.3 is 25.2 Å². The number of likely N-dealkylation sites (N-methyl/N-ethyl adjacent to an activating group) is 1. The van der Waals surface area contributed by atoms with Crippen molar-refractivity contribution in [2.45, 2.75) is 6.92 Å². The third-order valence-electron chi connectivity index (χ3n) is 5.35. The van der Waals surface area contributed by atoms with Gasteiger partial charge in [0, 0.05) is 37.4 Å². The SMILES string of the molecule is CCOc1ccccc1NC(=O)Nc1ccc(-c2ccc(N3CCN(C)CC3)nn2)cc1. The van der Waals surface area contributed by atoms with E-state index < -0.39 is 0 Å². The zero-order valence-corrected chi connectivity index (χ0v) is 18.4. The lowest BCUT2D eigenvalue weighted by Crippen LogP contribution is -2.44. The number of benzene rings is 2. The Morgan fingerprint density at radius 2 is 1.69 bits per heavy atom. The lowest BCUT2D eigenvalue weighted by atomic mass is 10.1. The highest BCUT2D eigenvalue weighted by Gasteiger charge is 2.15. The average molecular weight is 433 g/mol. The summed E-state index contributed by atoms with van der Waals surface area (Å²) in [5.74, 6) is 1.54. The highest BCUT2D eigenvalue weighted by atomic mass is 16.5. The molecule has 8 nitrogen and oxygen atoms in total. The highest BCUT2D eigenvalue weighted by Crippen LogP contribution is 2.25. The van der Waals surface area contributed by atoms with Gasteiger partial charge in [0.15, 0.2) is 5.82 Å². The average Bonchev–Trinajstić information content (AvgIpc) is 2.82. The van der Waals surface area contributed by atoms with Gasteiger partial charge in [-0.15, -0.1) is 10.2 Å². The zero-order chi connectivity index (χ0) is 22.3. The maximum absolute atomic E-state index is 12.4. The van der Waals surface area contributed by atoms with Crippen LogP contribution in [-0.2, 0) is 0 Å². The molecule has 0 unspecified atom stereocenters. The monoisotopic (exact) mass is 432 g/mol. The first kappa shape index (κ1) is 21.6. The molecule has 0 aliphatic carbocycles. The van der Waals surface area contributed by atoms with Crippen molar-refractivity contribution in [1.82, 2.24) is 15.1 Å². The van der Waals surface area contributed by atoms with Crippen LogP contribution < -0.4 is 20.3 Å². The van der Waals surface area contributed by atoms with Crippen LogP contribution in [0.4, 0.5) is 22.0 Å². The van der Waals surface area contributed by atoms with Crippen molar-refractivity contribution in [3.8, 4) is 17.0 Å². The van der Waals surface area contributed by atoms with Gasteiger partial charge >= 0.3 is 6.03 Å². The molecular formula is C24H28N6O2. The summed E-state index contributed by atoms with van der Waals surface area (Å²) in [7, 11) is 2.13. The van der Waals surface area contributed by atoms with E-state index in [0.717, 1.165) is 43.3 Å². The van der Waals surface area contributed by atoms with Crippen LogP contribution in [0.1, 0.15) is 6.92 Å². The summed E-state index contributed by atoms with van der Waals surface area (Å²) in [5, 5.41) is 14.5. The molecule has 0 atom stereocenters. The maximum atomic E-state index is 12.4. The Morgan fingerprint density at radius 1 is 0.938 bits per heavy atom. The Kier molecular flexibility index (Phi) is 6.81. The van der Waals surface area contributed by atoms with E-state index in [9.17, 15) is 4.79 Å². The molecule has 166 valence electrons. The molecule has 0 spiro atoms. The summed E-state index contributed by atoms with van der Waals surface area (Å²) in [6, 6.07) is 18.6. The number of anilines is 3. The maximum Gasteiger partial charge on any atom is 0.323 e. The molecule has 2 aromatic carbocycles. The lowest BCUT2D eigenvalue weighted by molar-refractivity contribution is 0.262. The number of rotatable bonds is 6. The number of hydrogen-bond acceptors (Lipinski definition) is 6. The number of para-hydroxylation sites is 2. The van der Waals surface area contributed by atoms with Crippen molar-refractivity contribution in [2.24, 2.45) is 0 Å². The second kappa shape index (κ2) is 10.1. The highest BCUT2D eigenvalue weighted by molar-refractivity contribution is 6.00. The van der Waals surface area contributed by atoms with Gasteiger partial charge in [0.2, 0.25) is 0 Å². The number of piperazine rings is 1. The summed E-state index contributed by atoms with van der Waals surface area (Å²) in [6.45, 7) is 6.42. The number of carbonyl (C=O) groups excluding carboxylic acids is 1. The van der Waals surface area contributed by atoms with Crippen molar-refractivity contribution in [1.29, 1.82) is 0 Å². The predicted molar refractivity (Wildman–Crippen MR) is 127 cm³/mol. The summed E-state index contributed by atoms with van der Waals surface area (Å²) in [6.07, 6.45) is 0. The zero-order valence-electron chi connectivity index (χ0n) is 18.4. The van der Waals surface area contributed by atoms with Gasteiger partial charge in [-0.05, 0) is 50.4 Å². The van der Waals surface area contributed by atoms with E-state index in [2.05, 4.69) is 37.7 Å². The molecule has 1 saturated heterocycles. The van der Waals surface area contributed by atoms with E-state index >= 15 is 0 Å². The standard InChI is InChI=1S/C24H28N6O2/c1-3-32-22-7-5-4-6-21(22)26-24(31)25-19-10-8-18(9-11-19)20-12-13-23(28-27-20)30-16-14-29(2)15-17-30/h4-13H,3,14-17H2,1-2H3,(H2,25,26,31). The number of aromatic nitrogens is 2. The van der Waals surface area contributed by atoms with E-state index in [1.54, 1.807) is 6.07 Å². The number of hydrogen-bond donors (Lipinski definition) is 2. The molecular weight excluding hydrogens is 404 g/mol. The molecule has 1 aliphatic rings. The molecule has 1 aliphatic heterocycles. The summed E-state index contributed by atoms with van der Waals surface area (Å²) >= 11 is 0. The van der Waals surface area contributed by atoms with Crippen LogP contribution >= 0.6 is 0 Å². The lowest BCUT2D eigenvalue weighted by Gasteiger charge is -2.32. The van der Waals surface area contributed by atoms with Crippen LogP contribution in [0, 0.1) is 0 Å². The predicted octanol–water partition coefficient (Wildman–Crippen LogP) is 3.94. The minimum Gasteiger partial charge on any atom is -0.492 e. The van der Waals surface area contributed by atoms with Crippen LogP contribution in [0.2, 0.25) is 0 Å². The fourth-order valence-electron chi connectivity index (χ4n) is 3.54. The van der Waals surface area contributed by atoms with Crippen molar-refractivity contribution in [3.63, 3.8) is 0 Å². The number of carbonyl (C=O) groups is 1. The van der Waals surface area contributed by atoms with Crippen LogP contribution in [-0.4, -0.2) is 61.0 Å². The Morgan fingerprint density at radius 3 is 2.38 bits per heavy atom. The minimum absolute atomic E-state index is 0.332. The third-order valence-corrected chi connectivity index (χ3v) is 5.35. The van der Waals surface area contributed by atoms with E-state index in [4.69, 9.17) is 4.74 Å². The van der Waals surface area contributed by atoms with Gasteiger partial charge in [-0.3, -0.25) is 0 Å². The molecule has 2 N–H and O–H groups in total. The normalized spacial score (nSPS) is 14.1. The number of ether oxygens (including phenoxy) is 1. The van der Waals surface area contributed by atoms with Crippen LogP contribution in [0.3, 0.4) is 0 Å². The molecule has 32 heavy (non-hydrogen) atoms. The van der Waals surface area contributed by atoms with E-state index in [0.29, 0.717) is 23.7 Å². The van der Waals surface area contributed by atoms with Crippen molar-refractivity contribution < 1.29 is 9.53 Å². The number of nitrogens with one attached hydrogen (secondary N) is 2. The molecule has 2 heterocycles. The minimum atomic E-state index is -0.332. The van der Waals surface area contributed by atoms with Gasteiger partial charge in [0.25, 0.3) is 0 Å². The molecule has 8 heteroatoms. The largest absolute Gasteiger partial charge is 0.492 e. The number of amides is 2. The Balaban J connectivity index is 1.36. The smallest absolute Gasteiger partial charge is 0.323 e. The van der Waals surface area contributed by atoms with Crippen LogP contribution in [0.5, 0.6) is 5.75 Å². The molecule has 1 fully saturated rings. The Labute approximate surface area is 188 Å². The van der Waals surface area contributed by atoms with E-state index in [1.165, 1.54) is 0 Å². The molecule has 4 rings (SSSR count). The molecule has 3 aromatic rings. The van der Waals surface area contributed by atoms with E-state index in [1.807, 2.05) is 61.5 Å². The first-order valence-corrected chi connectivity index (χ1v) is 10.8. The van der Waals surface area contributed by atoms with E-state index in [-0.39, 0.29) is 6.03 Å². The summed E-state index contributed by atoms with van der Waals surface area (Å²) < 4.78 is 5.54. The van der Waals surface area contributed by atoms with Crippen LogP contribution in [0.25, 0.3) is 11.3 Å². The van der Waals surface area contributed by atoms with Gasteiger partial charge in [0.1, 0.15) is 5.75 Å². The first-order chi connectivity index (χ1) is 15.6. The fourth-order valence-corrected chi connectivity index (χ4v) is 3.54. The number of urea groups is 1. The second-order valence-corrected chi connectivity index (χ2v) is 7.65. The van der Waals surface area contributed by atoms with Gasteiger partial charge in [-0.1, -0.05) is 24.3 Å². The first-order valence-electron chi connectivity index (χ1n) is 10.8. The quantitative estimate of drug-likeness (QED) is 0.614. The third kappa shape index (κ3) is 5.33. The summed E-state index contributed by atoms with van der Waals surface area (Å²) in [4.78, 5) is 17.0. The molecule has 1 aromatic heterocycles. The second-order valence-electron chi connectivity index (χ2n) is 7.65. The fraction of sp³-hybridized carbons (Fsp3) is 0.292. The molecule has 0 radical (unpaired) electrons. The molecule has 2 amide bonds. The molecule has 0 saturated carbocycles. The molecule has 0 bridgehead atoms. The Hall–Kier alpha value is -3.65. The van der Waals surface area contributed by atoms with Crippen LogP contribution in [0.15, 0.2) is 60.7 Å². The number of nitrogens with zero attached hydrogens (tertiary/aromatic N) is 4. The van der Waals surface area contributed by atoms with Crippen molar-refractivity contribution in [2.75, 3.05) is 55.4 Å². The van der Waals surface area contributed by atoms with Crippen molar-refractivity contribution >= 4 is 23.2 Å².